The molecule has 4 nitrogen and oxygen atoms in total. The number of aromatic hydroxyl groups is 1. The second kappa shape index (κ2) is 3.36. The maximum atomic E-state index is 10.7. The molecule has 1 heterocycles. The molecule has 0 aliphatic heterocycles. The summed E-state index contributed by atoms with van der Waals surface area (Å²) >= 11 is 4.73. The van der Waals surface area contributed by atoms with Crippen LogP contribution in [0.3, 0.4) is 0 Å². The van der Waals surface area contributed by atoms with Crippen LogP contribution < -0.4 is 0 Å². The lowest BCUT2D eigenvalue weighted by Gasteiger charge is -1.96. The molecule has 1 aromatic carbocycles. The van der Waals surface area contributed by atoms with Crippen molar-refractivity contribution in [2.24, 2.45) is 0 Å². The predicted octanol–water partition coefficient (Wildman–Crippen LogP) is 1.68. The smallest absolute Gasteiger partial charge is 0.347 e. The highest BCUT2D eigenvalue weighted by molar-refractivity contribution is 7.82. The van der Waals surface area contributed by atoms with Crippen LogP contribution in [0, 0.1) is 0 Å². The Morgan fingerprint density at radius 2 is 2.00 bits per heavy atom. The van der Waals surface area contributed by atoms with Gasteiger partial charge in [0.15, 0.2) is 5.88 Å². The number of carbonyl (C=O) groups is 1. The summed E-state index contributed by atoms with van der Waals surface area (Å²) in [6, 6.07) is 6.98. The van der Waals surface area contributed by atoms with Crippen molar-refractivity contribution in [1.82, 2.24) is 4.98 Å². The summed E-state index contributed by atoms with van der Waals surface area (Å²) in [5.41, 5.74) is 0.835. The molecular weight excluding hydrogens is 214 g/mol. The van der Waals surface area contributed by atoms with Gasteiger partial charge in [-0.05, 0) is 6.07 Å². The van der Waals surface area contributed by atoms with E-state index in [0.29, 0.717) is 10.9 Å². The molecule has 0 fully saturated rings. The zero-order valence-electron chi connectivity index (χ0n) is 7.52. The van der Waals surface area contributed by atoms with E-state index in [9.17, 15) is 9.90 Å². The van der Waals surface area contributed by atoms with Gasteiger partial charge in [-0.1, -0.05) is 30.4 Å². The van der Waals surface area contributed by atoms with Gasteiger partial charge in [0.25, 0.3) is 0 Å². The molecule has 0 bridgehead atoms. The maximum absolute atomic E-state index is 10.7. The molecule has 0 aliphatic carbocycles. The Hall–Kier alpha value is -1.88. The van der Waals surface area contributed by atoms with E-state index in [1.54, 1.807) is 24.3 Å². The molecule has 0 saturated heterocycles. The van der Waals surface area contributed by atoms with Crippen molar-refractivity contribution >= 4 is 34.0 Å². The number of thiocarbonyl (C=S) groups is 1. The topological polar surface area (TPSA) is 73.3 Å². The Morgan fingerprint density at radius 1 is 1.33 bits per heavy atom. The van der Waals surface area contributed by atoms with Crippen LogP contribution in [0.5, 0.6) is 5.88 Å². The van der Waals surface area contributed by atoms with Gasteiger partial charge in [0.05, 0.1) is 5.56 Å². The maximum Gasteiger partial charge on any atom is 0.347 e. The van der Waals surface area contributed by atoms with Crippen molar-refractivity contribution in [3.63, 3.8) is 0 Å². The lowest BCUT2D eigenvalue weighted by molar-refractivity contribution is -0.129. The molecule has 0 atom stereocenters. The van der Waals surface area contributed by atoms with E-state index in [-0.39, 0.29) is 16.3 Å². The number of hydrogen-bond acceptors (Lipinski definition) is 3. The number of carboxylic acids is 1. The van der Waals surface area contributed by atoms with E-state index >= 15 is 0 Å². The van der Waals surface area contributed by atoms with Gasteiger partial charge in [-0.3, -0.25) is 0 Å². The quantitative estimate of drug-likeness (QED) is 0.533. The number of rotatable bonds is 2. The average Bonchev–Trinajstić information content (AvgIpc) is 2.52. The number of para-hydroxylation sites is 1. The standard InChI is InChI=1S/C10H7NO3S/c12-9-7(8(15)10(13)14)5-3-1-2-4-6(5)11-9/h1-4,11-12H,(H,13,14). The Kier molecular flexibility index (Phi) is 2.17. The minimum absolute atomic E-state index is 0.174. The number of aliphatic carboxylic acids is 1. The van der Waals surface area contributed by atoms with Gasteiger partial charge in [0, 0.05) is 10.9 Å². The first-order valence-electron chi connectivity index (χ1n) is 4.18. The van der Waals surface area contributed by atoms with Gasteiger partial charge in [0.2, 0.25) is 0 Å². The first-order chi connectivity index (χ1) is 7.11. The number of benzene rings is 1. The number of fused-ring (bicyclic) bond motifs is 1. The van der Waals surface area contributed by atoms with E-state index in [0.717, 1.165) is 0 Å². The summed E-state index contributed by atoms with van der Waals surface area (Å²) in [5, 5.41) is 18.9. The van der Waals surface area contributed by atoms with Crippen molar-refractivity contribution < 1.29 is 15.0 Å². The summed E-state index contributed by atoms with van der Waals surface area (Å²) in [5.74, 6) is -1.42. The molecule has 1 aromatic heterocycles. The normalized spacial score (nSPS) is 10.4. The molecule has 0 saturated carbocycles. The van der Waals surface area contributed by atoms with Gasteiger partial charge in [0.1, 0.15) is 4.86 Å². The van der Waals surface area contributed by atoms with Crippen molar-refractivity contribution in [2.75, 3.05) is 0 Å². The summed E-state index contributed by atoms with van der Waals surface area (Å²) in [6.45, 7) is 0. The minimum atomic E-state index is -1.22. The van der Waals surface area contributed by atoms with Crippen LogP contribution in [0.25, 0.3) is 10.9 Å². The van der Waals surface area contributed by atoms with E-state index in [1.165, 1.54) is 0 Å². The molecule has 15 heavy (non-hydrogen) atoms. The monoisotopic (exact) mass is 221 g/mol. The summed E-state index contributed by atoms with van der Waals surface area (Å²) in [7, 11) is 0. The molecule has 2 aromatic rings. The highest BCUT2D eigenvalue weighted by Gasteiger charge is 2.19. The Balaban J connectivity index is 2.74. The molecule has 0 radical (unpaired) electrons. The minimum Gasteiger partial charge on any atom is -0.494 e. The van der Waals surface area contributed by atoms with Crippen molar-refractivity contribution in [3.05, 3.63) is 29.8 Å². The van der Waals surface area contributed by atoms with Crippen molar-refractivity contribution in [3.8, 4) is 5.88 Å². The number of carboxylic acid groups (broad SMARTS) is 1. The van der Waals surface area contributed by atoms with E-state index in [1.807, 2.05) is 0 Å². The van der Waals surface area contributed by atoms with Gasteiger partial charge in [-0.2, -0.15) is 0 Å². The fraction of sp³-hybridized carbons (Fsp3) is 0. The summed E-state index contributed by atoms with van der Waals surface area (Å²) in [4.78, 5) is 13.1. The number of H-pyrrole nitrogens is 1. The van der Waals surface area contributed by atoms with Gasteiger partial charge < -0.3 is 15.2 Å². The predicted molar refractivity (Wildman–Crippen MR) is 59.3 cm³/mol. The van der Waals surface area contributed by atoms with Crippen molar-refractivity contribution in [2.45, 2.75) is 0 Å². The summed E-state index contributed by atoms with van der Waals surface area (Å²) in [6.07, 6.45) is 0. The third kappa shape index (κ3) is 1.46. The molecule has 0 spiro atoms. The Bertz CT molecular complexity index is 559. The lowest BCUT2D eigenvalue weighted by Crippen LogP contribution is -2.10. The van der Waals surface area contributed by atoms with Gasteiger partial charge >= 0.3 is 5.97 Å². The van der Waals surface area contributed by atoms with E-state index < -0.39 is 5.97 Å². The molecule has 0 aliphatic rings. The van der Waals surface area contributed by atoms with Crippen molar-refractivity contribution in [1.29, 1.82) is 0 Å². The lowest BCUT2D eigenvalue weighted by atomic mass is 10.1. The highest BCUT2D eigenvalue weighted by Crippen LogP contribution is 2.27. The van der Waals surface area contributed by atoms with Crippen LogP contribution in [0.15, 0.2) is 24.3 Å². The van der Waals surface area contributed by atoms with E-state index in [4.69, 9.17) is 17.3 Å². The zero-order valence-corrected chi connectivity index (χ0v) is 8.34. The largest absolute Gasteiger partial charge is 0.494 e. The number of hydrogen-bond donors (Lipinski definition) is 3. The fourth-order valence-electron chi connectivity index (χ4n) is 1.46. The van der Waals surface area contributed by atoms with Gasteiger partial charge in [-0.25, -0.2) is 4.79 Å². The van der Waals surface area contributed by atoms with Gasteiger partial charge in [-0.15, -0.1) is 0 Å². The molecular formula is C10H7NO3S. The highest BCUT2D eigenvalue weighted by atomic mass is 32.1. The van der Waals surface area contributed by atoms with E-state index in [2.05, 4.69) is 4.98 Å². The first-order valence-corrected chi connectivity index (χ1v) is 4.59. The average molecular weight is 221 g/mol. The van der Waals surface area contributed by atoms with Crippen LogP contribution in [0.1, 0.15) is 5.56 Å². The molecule has 5 heteroatoms. The first kappa shape index (κ1) is 9.67. The fourth-order valence-corrected chi connectivity index (χ4v) is 1.67. The Labute approximate surface area is 90.2 Å². The second-order valence-electron chi connectivity index (χ2n) is 3.03. The molecule has 2 rings (SSSR count). The van der Waals surface area contributed by atoms with Crippen LogP contribution in [-0.4, -0.2) is 26.0 Å². The molecule has 3 N–H and O–H groups in total. The third-order valence-electron chi connectivity index (χ3n) is 2.11. The number of aromatic nitrogens is 1. The number of nitrogens with one attached hydrogen (secondary N) is 1. The molecule has 76 valence electrons. The van der Waals surface area contributed by atoms with Crippen LogP contribution in [0.4, 0.5) is 0 Å². The molecule has 0 amide bonds. The number of aromatic amines is 1. The summed E-state index contributed by atoms with van der Waals surface area (Å²) < 4.78 is 0. The zero-order chi connectivity index (χ0) is 11.0. The Morgan fingerprint density at radius 3 is 2.67 bits per heavy atom. The molecule has 0 unspecified atom stereocenters. The van der Waals surface area contributed by atoms with Crippen LogP contribution in [-0.2, 0) is 4.79 Å². The van der Waals surface area contributed by atoms with Crippen LogP contribution >= 0.6 is 12.2 Å². The third-order valence-corrected chi connectivity index (χ3v) is 2.49. The second-order valence-corrected chi connectivity index (χ2v) is 3.44. The van der Waals surface area contributed by atoms with Crippen LogP contribution in [0.2, 0.25) is 0 Å². The SMILES string of the molecule is O=C(O)C(=S)c1c(O)[nH]c2ccccc12.